The third-order valence-corrected chi connectivity index (χ3v) is 4.62. The molecule has 1 aliphatic rings. The smallest absolute Gasteiger partial charge is 0.254 e. The summed E-state index contributed by atoms with van der Waals surface area (Å²) in [6.45, 7) is 0.407. The van der Waals surface area contributed by atoms with Gasteiger partial charge in [0.05, 0.1) is 0 Å². The molecule has 1 atom stereocenters. The summed E-state index contributed by atoms with van der Waals surface area (Å²) >= 11 is 0. The van der Waals surface area contributed by atoms with Gasteiger partial charge in [-0.2, -0.15) is 15.4 Å². The van der Waals surface area contributed by atoms with Gasteiger partial charge in [0, 0.05) is 25.6 Å². The summed E-state index contributed by atoms with van der Waals surface area (Å²) in [5.41, 5.74) is 3.99. The molecule has 7 heteroatoms. The van der Waals surface area contributed by atoms with Crippen LogP contribution in [0.2, 0.25) is 0 Å². The number of benzene rings is 2. The van der Waals surface area contributed by atoms with Crippen molar-refractivity contribution in [1.82, 2.24) is 25.6 Å². The van der Waals surface area contributed by atoms with Crippen molar-refractivity contribution < 1.29 is 9.59 Å². The predicted molar refractivity (Wildman–Crippen MR) is 91.8 cm³/mol. The molecule has 126 valence electrons. The van der Waals surface area contributed by atoms with E-state index in [-0.39, 0.29) is 11.8 Å². The number of hydrogen-bond acceptors (Lipinski definition) is 4. The maximum absolute atomic E-state index is 13.1. The van der Waals surface area contributed by atoms with E-state index in [1.54, 1.807) is 30.1 Å². The maximum Gasteiger partial charge on any atom is 0.254 e. The van der Waals surface area contributed by atoms with E-state index in [0.29, 0.717) is 29.6 Å². The van der Waals surface area contributed by atoms with E-state index < -0.39 is 6.04 Å². The molecule has 2 N–H and O–H groups in total. The highest BCUT2D eigenvalue weighted by Gasteiger charge is 2.34. The van der Waals surface area contributed by atoms with Crippen LogP contribution in [-0.2, 0) is 17.8 Å². The van der Waals surface area contributed by atoms with Crippen LogP contribution in [0, 0.1) is 0 Å². The number of fused-ring (bicyclic) bond motifs is 2. The zero-order chi connectivity index (χ0) is 17.4. The Bertz CT molecular complexity index is 965. The van der Waals surface area contributed by atoms with Gasteiger partial charge in [0.2, 0.25) is 5.91 Å². The first-order valence-corrected chi connectivity index (χ1v) is 8.07. The van der Waals surface area contributed by atoms with Crippen LogP contribution in [0.25, 0.3) is 11.0 Å². The fourth-order valence-corrected chi connectivity index (χ4v) is 3.28. The lowest BCUT2D eigenvalue weighted by Gasteiger charge is -2.35. The maximum atomic E-state index is 13.1. The van der Waals surface area contributed by atoms with Crippen molar-refractivity contribution in [1.29, 1.82) is 0 Å². The number of nitrogens with one attached hydrogen (secondary N) is 2. The Balaban J connectivity index is 1.72. The second kappa shape index (κ2) is 6.01. The van der Waals surface area contributed by atoms with Crippen LogP contribution in [0.1, 0.15) is 21.5 Å². The largest absolute Gasteiger partial charge is 0.357 e. The van der Waals surface area contributed by atoms with Crippen molar-refractivity contribution in [3.05, 3.63) is 59.2 Å². The van der Waals surface area contributed by atoms with Gasteiger partial charge in [-0.3, -0.25) is 9.59 Å². The van der Waals surface area contributed by atoms with E-state index in [4.69, 9.17) is 0 Å². The summed E-state index contributed by atoms with van der Waals surface area (Å²) < 4.78 is 0. The minimum Gasteiger partial charge on any atom is -0.357 e. The van der Waals surface area contributed by atoms with Crippen LogP contribution in [0.3, 0.4) is 0 Å². The number of hydrogen-bond donors (Lipinski definition) is 2. The Labute approximate surface area is 144 Å². The van der Waals surface area contributed by atoms with E-state index in [9.17, 15) is 9.59 Å². The molecule has 4 rings (SSSR count). The standard InChI is InChI=1S/C18H17N5O2/c1-19-17(24)16-9-11-4-2-3-5-13(11)10-23(16)18(25)12-6-7-14-15(8-12)21-22-20-14/h2-8,16H,9-10H2,1H3,(H,19,24)(H,20,21,22). The molecule has 0 fully saturated rings. The van der Waals surface area contributed by atoms with Crippen molar-refractivity contribution >= 4 is 22.8 Å². The molecule has 0 aliphatic carbocycles. The van der Waals surface area contributed by atoms with E-state index in [1.165, 1.54) is 0 Å². The minimum absolute atomic E-state index is 0.162. The van der Waals surface area contributed by atoms with Gasteiger partial charge in [-0.25, -0.2) is 0 Å². The summed E-state index contributed by atoms with van der Waals surface area (Å²) in [5, 5.41) is 13.2. The molecule has 0 spiro atoms. The molecular weight excluding hydrogens is 318 g/mol. The highest BCUT2D eigenvalue weighted by Crippen LogP contribution is 2.25. The van der Waals surface area contributed by atoms with Crippen LogP contribution >= 0.6 is 0 Å². The first kappa shape index (κ1) is 15.3. The van der Waals surface area contributed by atoms with Gasteiger partial charge in [-0.1, -0.05) is 24.3 Å². The van der Waals surface area contributed by atoms with Crippen molar-refractivity contribution in [3.63, 3.8) is 0 Å². The Hall–Kier alpha value is -3.22. The van der Waals surface area contributed by atoms with Gasteiger partial charge in [-0.15, -0.1) is 0 Å². The van der Waals surface area contributed by atoms with Crippen LogP contribution in [0.15, 0.2) is 42.5 Å². The number of aromatic amines is 1. The number of amides is 2. The van der Waals surface area contributed by atoms with Gasteiger partial charge < -0.3 is 10.2 Å². The summed E-state index contributed by atoms with van der Waals surface area (Å²) in [6.07, 6.45) is 0.508. The van der Waals surface area contributed by atoms with E-state index in [0.717, 1.165) is 11.1 Å². The number of carbonyl (C=O) groups excluding carboxylic acids is 2. The van der Waals surface area contributed by atoms with Gasteiger partial charge in [0.25, 0.3) is 5.91 Å². The Morgan fingerprint density at radius 2 is 1.88 bits per heavy atom. The molecule has 1 aliphatic heterocycles. The quantitative estimate of drug-likeness (QED) is 0.738. The molecule has 0 bridgehead atoms. The number of likely N-dealkylation sites (N-methyl/N-ethyl adjacent to an activating group) is 1. The van der Waals surface area contributed by atoms with E-state index >= 15 is 0 Å². The molecule has 3 aromatic rings. The van der Waals surface area contributed by atoms with Crippen LogP contribution in [0.5, 0.6) is 0 Å². The SMILES string of the molecule is CNC(=O)C1Cc2ccccc2CN1C(=O)c1ccc2n[nH]nc2c1. The highest BCUT2D eigenvalue weighted by atomic mass is 16.2. The van der Waals surface area contributed by atoms with Crippen molar-refractivity contribution in [2.75, 3.05) is 7.05 Å². The number of carbonyl (C=O) groups is 2. The lowest BCUT2D eigenvalue weighted by molar-refractivity contribution is -0.125. The second-order valence-corrected chi connectivity index (χ2v) is 6.06. The molecule has 2 aromatic carbocycles. The summed E-state index contributed by atoms with van der Waals surface area (Å²) in [6, 6.07) is 12.5. The average Bonchev–Trinajstić information content (AvgIpc) is 3.13. The van der Waals surface area contributed by atoms with Crippen molar-refractivity contribution in [3.8, 4) is 0 Å². The lowest BCUT2D eigenvalue weighted by Crippen LogP contribution is -2.51. The number of H-pyrrole nitrogens is 1. The normalized spacial score (nSPS) is 16.5. The Morgan fingerprint density at radius 1 is 1.12 bits per heavy atom. The second-order valence-electron chi connectivity index (χ2n) is 6.06. The van der Waals surface area contributed by atoms with Gasteiger partial charge in [-0.05, 0) is 29.3 Å². The first-order valence-electron chi connectivity index (χ1n) is 8.07. The molecule has 2 amide bonds. The summed E-state index contributed by atoms with van der Waals surface area (Å²) in [5.74, 6) is -0.349. The minimum atomic E-state index is -0.527. The molecule has 1 unspecified atom stereocenters. The molecule has 0 saturated carbocycles. The number of nitrogens with zero attached hydrogens (tertiary/aromatic N) is 3. The molecule has 2 heterocycles. The fourth-order valence-electron chi connectivity index (χ4n) is 3.28. The van der Waals surface area contributed by atoms with Crippen LogP contribution in [-0.4, -0.2) is 45.2 Å². The lowest BCUT2D eigenvalue weighted by atomic mass is 9.92. The Kier molecular flexibility index (Phi) is 3.68. The van der Waals surface area contributed by atoms with Gasteiger partial charge >= 0.3 is 0 Å². The molecular formula is C18H17N5O2. The van der Waals surface area contributed by atoms with E-state index in [2.05, 4.69) is 20.7 Å². The third kappa shape index (κ3) is 2.63. The number of rotatable bonds is 2. The zero-order valence-corrected chi connectivity index (χ0v) is 13.7. The molecule has 0 saturated heterocycles. The predicted octanol–water partition coefficient (Wildman–Crippen LogP) is 1.27. The topological polar surface area (TPSA) is 91.0 Å². The third-order valence-electron chi connectivity index (χ3n) is 4.62. The summed E-state index contributed by atoms with van der Waals surface area (Å²) in [4.78, 5) is 27.1. The van der Waals surface area contributed by atoms with Crippen molar-refractivity contribution in [2.45, 2.75) is 19.0 Å². The molecule has 7 nitrogen and oxygen atoms in total. The molecule has 1 aromatic heterocycles. The van der Waals surface area contributed by atoms with Gasteiger partial charge in [0.1, 0.15) is 17.1 Å². The average molecular weight is 335 g/mol. The van der Waals surface area contributed by atoms with Crippen molar-refractivity contribution in [2.24, 2.45) is 0 Å². The van der Waals surface area contributed by atoms with Crippen LogP contribution in [0.4, 0.5) is 0 Å². The monoisotopic (exact) mass is 335 g/mol. The van der Waals surface area contributed by atoms with Crippen LogP contribution < -0.4 is 5.32 Å². The summed E-state index contributed by atoms with van der Waals surface area (Å²) in [7, 11) is 1.59. The Morgan fingerprint density at radius 3 is 2.68 bits per heavy atom. The first-order chi connectivity index (χ1) is 12.2. The van der Waals surface area contributed by atoms with E-state index in [1.807, 2.05) is 24.3 Å². The molecule has 25 heavy (non-hydrogen) atoms. The fraction of sp³-hybridized carbons (Fsp3) is 0.222. The number of aromatic nitrogens is 3. The highest BCUT2D eigenvalue weighted by molar-refractivity contribution is 6.00. The zero-order valence-electron chi connectivity index (χ0n) is 13.7. The molecule has 0 radical (unpaired) electrons. The van der Waals surface area contributed by atoms with Gasteiger partial charge in [0.15, 0.2) is 0 Å².